The zero-order valence-electron chi connectivity index (χ0n) is 5.56. The van der Waals surface area contributed by atoms with Crippen LogP contribution in [0.4, 0.5) is 4.79 Å². The van der Waals surface area contributed by atoms with E-state index >= 15 is 0 Å². The van der Waals surface area contributed by atoms with Gasteiger partial charge in [-0.05, 0) is 0 Å². The second kappa shape index (κ2) is 11.4. The minimum absolute atomic E-state index is 0. The van der Waals surface area contributed by atoms with Crippen LogP contribution in [0.1, 0.15) is 0 Å². The van der Waals surface area contributed by atoms with Crippen LogP contribution in [0, 0.1) is 0 Å². The molecular formula is CH4CaMgN2O5P+. The summed E-state index contributed by atoms with van der Waals surface area (Å²) in [6.45, 7) is 0. The van der Waals surface area contributed by atoms with Gasteiger partial charge in [0.2, 0.25) is 0 Å². The number of carbonyl (C=O) groups excluding carboxylic acids is 1. The minimum Gasteiger partial charge on any atom is -0.822 e. The number of nitrogens with two attached hydrogens (primary N) is 2. The van der Waals surface area contributed by atoms with Gasteiger partial charge in [0.25, 0.3) is 0 Å². The summed E-state index contributed by atoms with van der Waals surface area (Å²) in [5.74, 6) is 0. The number of amides is 2. The molecule has 0 rings (SSSR count). The summed E-state index contributed by atoms with van der Waals surface area (Å²) in [6, 6.07) is -0.833. The van der Waals surface area contributed by atoms with E-state index in [4.69, 9.17) is 24.0 Å². The second-order valence-corrected chi connectivity index (χ2v) is 1.74. The molecule has 10 heteroatoms. The van der Waals surface area contributed by atoms with Gasteiger partial charge >= 0.3 is 66.8 Å². The zero-order chi connectivity index (χ0) is 8.08. The summed E-state index contributed by atoms with van der Waals surface area (Å²) in [4.78, 5) is 34.6. The van der Waals surface area contributed by atoms with E-state index in [-0.39, 0.29) is 60.8 Å². The van der Waals surface area contributed by atoms with E-state index in [0.29, 0.717) is 0 Å². The van der Waals surface area contributed by atoms with Crippen molar-refractivity contribution >= 4 is 74.6 Å². The van der Waals surface area contributed by atoms with Crippen molar-refractivity contribution in [2.24, 2.45) is 11.5 Å². The molecule has 0 bridgehead atoms. The largest absolute Gasteiger partial charge is 2.00 e. The van der Waals surface area contributed by atoms with Gasteiger partial charge in [0.15, 0.2) is 0 Å². The molecule has 0 radical (unpaired) electrons. The zero-order valence-corrected chi connectivity index (χ0v) is 10.1. The topological polar surface area (TPSA) is 155 Å². The Balaban J connectivity index is -0.0000000383. The quantitative estimate of drug-likeness (QED) is 0.310. The number of carbonyl (C=O) groups is 1. The molecule has 0 aromatic rings. The molecule has 2 amide bonds. The first-order chi connectivity index (χ1) is 3.73. The normalized spacial score (nSPS) is 7.55. The average molecular weight is 219 g/mol. The molecule has 0 aromatic carbocycles. The molecule has 0 spiro atoms. The third-order valence-corrected chi connectivity index (χ3v) is 0. The molecule has 4 N–H and O–H groups in total. The first-order valence-corrected chi connectivity index (χ1v) is 2.97. The monoisotopic (exact) mass is 219 g/mol. The third-order valence-electron chi connectivity index (χ3n) is 0. The molecule has 0 fully saturated rings. The molecule has 11 heavy (non-hydrogen) atoms. The molecule has 0 atom stereocenters. The minimum atomic E-state index is -5.39. The van der Waals surface area contributed by atoms with Crippen LogP contribution in [0.3, 0.4) is 0 Å². The van der Waals surface area contributed by atoms with Crippen LogP contribution in [0.15, 0.2) is 0 Å². The average Bonchev–Trinajstić information content (AvgIpc) is 1.19. The van der Waals surface area contributed by atoms with Crippen molar-refractivity contribution in [2.75, 3.05) is 0 Å². The predicted octanol–water partition coefficient (Wildman–Crippen LogP) is -4.56. The molecule has 0 aliphatic carbocycles. The van der Waals surface area contributed by atoms with Gasteiger partial charge < -0.3 is 30.7 Å². The Bertz CT molecular complexity index is 124. The third kappa shape index (κ3) is 510. The summed E-state index contributed by atoms with van der Waals surface area (Å²) in [7, 11) is -5.39. The maximum atomic E-state index is 9.00. The number of primary amides is 2. The maximum absolute atomic E-state index is 9.00. The van der Waals surface area contributed by atoms with Crippen molar-refractivity contribution in [2.45, 2.75) is 0 Å². The summed E-state index contributed by atoms with van der Waals surface area (Å²) in [5, 5.41) is 0. The van der Waals surface area contributed by atoms with Crippen LogP contribution in [0.25, 0.3) is 0 Å². The number of hydrogen-bond donors (Lipinski definition) is 2. The SMILES string of the molecule is NC(N)=O.O=P([O-])([O-])[O-].[Ca+2].[Mg+2]. The van der Waals surface area contributed by atoms with Crippen molar-refractivity contribution in [1.82, 2.24) is 0 Å². The van der Waals surface area contributed by atoms with Crippen molar-refractivity contribution in [1.29, 1.82) is 0 Å². The first kappa shape index (κ1) is 22.8. The molecule has 56 valence electrons. The van der Waals surface area contributed by atoms with Crippen molar-refractivity contribution in [3.63, 3.8) is 0 Å². The van der Waals surface area contributed by atoms with E-state index in [1.165, 1.54) is 0 Å². The van der Waals surface area contributed by atoms with Gasteiger partial charge in [0.05, 0.1) is 0 Å². The van der Waals surface area contributed by atoms with Gasteiger partial charge in [-0.15, -0.1) is 0 Å². The van der Waals surface area contributed by atoms with E-state index in [1.54, 1.807) is 0 Å². The van der Waals surface area contributed by atoms with Crippen molar-refractivity contribution in [3.8, 4) is 0 Å². The molecule has 0 heterocycles. The van der Waals surface area contributed by atoms with Gasteiger partial charge in [0, 0.05) is 0 Å². The van der Waals surface area contributed by atoms with Crippen LogP contribution >= 0.6 is 7.82 Å². The van der Waals surface area contributed by atoms with Crippen LogP contribution in [-0.4, -0.2) is 66.8 Å². The van der Waals surface area contributed by atoms with Gasteiger partial charge in [-0.25, -0.2) is 4.79 Å². The van der Waals surface area contributed by atoms with Crippen molar-refractivity contribution < 1.29 is 24.0 Å². The molecule has 0 saturated carbocycles. The molecule has 0 aliphatic rings. The Labute approximate surface area is 109 Å². The van der Waals surface area contributed by atoms with Crippen molar-refractivity contribution in [3.05, 3.63) is 0 Å². The molecule has 0 aromatic heterocycles. The Morgan fingerprint density at radius 2 is 1.18 bits per heavy atom. The molecule has 7 nitrogen and oxygen atoms in total. The van der Waals surface area contributed by atoms with E-state index < -0.39 is 13.9 Å². The predicted molar refractivity (Wildman–Crippen MR) is 32.9 cm³/mol. The van der Waals surface area contributed by atoms with E-state index in [2.05, 4.69) is 11.5 Å². The summed E-state index contributed by atoms with van der Waals surface area (Å²) < 4.78 is 8.55. The number of rotatable bonds is 0. The van der Waals surface area contributed by atoms with Gasteiger partial charge in [-0.2, -0.15) is 7.82 Å². The van der Waals surface area contributed by atoms with Gasteiger partial charge in [-0.1, -0.05) is 0 Å². The number of urea groups is 1. The Kier molecular flexibility index (Phi) is 23.7. The molecule has 0 unspecified atom stereocenters. The standard InChI is InChI=1S/CH4N2O.Ca.Mg.H3O4P/c2-1(3)4;;;1-5(2,3)4/h(H4,2,3,4);;;(H3,1,2,3,4)/q;2*+2;/p-3. The fourth-order valence-electron chi connectivity index (χ4n) is 0. The molecular weight excluding hydrogens is 215 g/mol. The van der Waals surface area contributed by atoms with Gasteiger partial charge in [-0.3, -0.25) is 0 Å². The summed E-state index contributed by atoms with van der Waals surface area (Å²) in [5.41, 5.74) is 8.50. The Morgan fingerprint density at radius 3 is 1.18 bits per heavy atom. The number of phosphoric acid groups is 1. The fourth-order valence-corrected chi connectivity index (χ4v) is 0. The Morgan fingerprint density at radius 1 is 1.18 bits per heavy atom. The first-order valence-electron chi connectivity index (χ1n) is 1.51. The number of hydrogen-bond acceptors (Lipinski definition) is 5. The Hall–Kier alpha value is 1.41. The van der Waals surface area contributed by atoms with E-state index in [1.807, 2.05) is 0 Å². The van der Waals surface area contributed by atoms with Crippen LogP contribution < -0.4 is 26.1 Å². The molecule has 0 aliphatic heterocycles. The maximum Gasteiger partial charge on any atom is 2.00 e. The van der Waals surface area contributed by atoms with Gasteiger partial charge in [0.1, 0.15) is 0 Å². The molecule has 0 saturated heterocycles. The second-order valence-electron chi connectivity index (χ2n) is 0.850. The summed E-state index contributed by atoms with van der Waals surface area (Å²) >= 11 is 0. The van der Waals surface area contributed by atoms with E-state index in [0.717, 1.165) is 0 Å². The van der Waals surface area contributed by atoms with Crippen LogP contribution in [0.5, 0.6) is 0 Å². The summed E-state index contributed by atoms with van der Waals surface area (Å²) in [6.07, 6.45) is 0. The fraction of sp³-hybridized carbons (Fsp3) is 0. The van der Waals surface area contributed by atoms with Crippen LogP contribution in [0.2, 0.25) is 0 Å². The van der Waals surface area contributed by atoms with Crippen LogP contribution in [-0.2, 0) is 4.57 Å². The van der Waals surface area contributed by atoms with E-state index in [9.17, 15) is 0 Å². The smallest absolute Gasteiger partial charge is 0.822 e.